The van der Waals surface area contributed by atoms with Crippen LogP contribution in [0.2, 0.25) is 0 Å². The molecule has 4 nitrogen and oxygen atoms in total. The number of rotatable bonds is 0. The molecule has 1 heterocycles. The minimum absolute atomic E-state index is 0.0335. The van der Waals surface area contributed by atoms with Gasteiger partial charge in [0.15, 0.2) is 0 Å². The lowest BCUT2D eigenvalue weighted by Crippen LogP contribution is -2.65. The van der Waals surface area contributed by atoms with Crippen molar-refractivity contribution in [2.24, 2.45) is 5.41 Å². The highest BCUT2D eigenvalue weighted by atomic mass is 16.4. The summed E-state index contributed by atoms with van der Waals surface area (Å²) in [6.45, 7) is 10.9. The van der Waals surface area contributed by atoms with Crippen molar-refractivity contribution in [3.8, 4) is 0 Å². The Morgan fingerprint density at radius 1 is 1.40 bits per heavy atom. The van der Waals surface area contributed by atoms with Gasteiger partial charge in [0.2, 0.25) is 0 Å². The summed E-state index contributed by atoms with van der Waals surface area (Å²) >= 11 is 0. The van der Waals surface area contributed by atoms with Crippen LogP contribution in [0, 0.1) is 5.41 Å². The summed E-state index contributed by atoms with van der Waals surface area (Å²) in [7, 11) is 0. The molecule has 0 aromatic heterocycles. The summed E-state index contributed by atoms with van der Waals surface area (Å²) in [5, 5.41) is 12.6. The van der Waals surface area contributed by atoms with Crippen LogP contribution in [0.15, 0.2) is 0 Å². The van der Waals surface area contributed by atoms with Crippen molar-refractivity contribution in [3.63, 3.8) is 0 Å². The van der Waals surface area contributed by atoms with Crippen molar-refractivity contribution in [1.82, 2.24) is 10.2 Å². The number of amides is 1. The molecule has 1 unspecified atom stereocenters. The number of carbonyl (C=O) groups is 1. The molecule has 1 aliphatic heterocycles. The first-order chi connectivity index (χ1) is 6.73. The standard InChI is InChI=1S/C11H22N2O2/c1-7-6-13(10(14)15)9(8(2)12-7)11(3,4)5/h7-9,12H,6H2,1-5H3,(H,14,15)/t7-,8-,9?/m1/s1. The Hall–Kier alpha value is -0.770. The molecule has 1 rings (SSSR count). The second-order valence-corrected chi connectivity index (χ2v) is 5.60. The fourth-order valence-electron chi connectivity index (χ4n) is 2.69. The molecular weight excluding hydrogens is 192 g/mol. The van der Waals surface area contributed by atoms with Crippen LogP contribution in [-0.2, 0) is 0 Å². The van der Waals surface area contributed by atoms with E-state index < -0.39 is 6.09 Å². The molecule has 15 heavy (non-hydrogen) atoms. The summed E-state index contributed by atoms with van der Waals surface area (Å²) in [4.78, 5) is 12.8. The molecule has 0 saturated carbocycles. The molecule has 0 aromatic carbocycles. The van der Waals surface area contributed by atoms with E-state index in [1.165, 1.54) is 0 Å². The first-order valence-corrected chi connectivity index (χ1v) is 5.49. The molecule has 3 atom stereocenters. The molecule has 1 aliphatic rings. The topological polar surface area (TPSA) is 52.6 Å². The predicted octanol–water partition coefficient (Wildman–Crippen LogP) is 1.76. The van der Waals surface area contributed by atoms with Gasteiger partial charge >= 0.3 is 6.09 Å². The Morgan fingerprint density at radius 2 is 1.93 bits per heavy atom. The largest absolute Gasteiger partial charge is 0.465 e. The van der Waals surface area contributed by atoms with Crippen molar-refractivity contribution in [3.05, 3.63) is 0 Å². The van der Waals surface area contributed by atoms with Crippen LogP contribution in [0.5, 0.6) is 0 Å². The smallest absolute Gasteiger partial charge is 0.407 e. The zero-order chi connectivity index (χ0) is 11.8. The molecule has 4 heteroatoms. The zero-order valence-corrected chi connectivity index (χ0v) is 10.2. The van der Waals surface area contributed by atoms with E-state index in [-0.39, 0.29) is 23.5 Å². The van der Waals surface area contributed by atoms with Gasteiger partial charge in [-0.1, -0.05) is 20.8 Å². The van der Waals surface area contributed by atoms with Crippen LogP contribution in [0.3, 0.4) is 0 Å². The summed E-state index contributed by atoms with van der Waals surface area (Å²) in [6.07, 6.45) is -0.810. The Labute approximate surface area is 91.6 Å². The third-order valence-corrected chi connectivity index (χ3v) is 2.96. The Kier molecular flexibility index (Phi) is 3.28. The number of nitrogens with one attached hydrogen (secondary N) is 1. The summed E-state index contributed by atoms with van der Waals surface area (Å²) in [5.74, 6) is 0. The third-order valence-electron chi connectivity index (χ3n) is 2.96. The molecule has 1 amide bonds. The number of nitrogens with zero attached hydrogens (tertiary/aromatic N) is 1. The number of carboxylic acid groups (broad SMARTS) is 1. The van der Waals surface area contributed by atoms with Gasteiger partial charge < -0.3 is 15.3 Å². The molecule has 0 aliphatic carbocycles. The van der Waals surface area contributed by atoms with Crippen molar-refractivity contribution in [1.29, 1.82) is 0 Å². The lowest BCUT2D eigenvalue weighted by atomic mass is 9.80. The molecule has 0 radical (unpaired) electrons. The van der Waals surface area contributed by atoms with Crippen LogP contribution < -0.4 is 5.32 Å². The fourth-order valence-corrected chi connectivity index (χ4v) is 2.69. The van der Waals surface area contributed by atoms with Crippen LogP contribution in [0.25, 0.3) is 0 Å². The molecule has 0 aromatic rings. The Balaban J connectivity index is 2.93. The summed E-state index contributed by atoms with van der Waals surface area (Å²) < 4.78 is 0. The minimum Gasteiger partial charge on any atom is -0.465 e. The lowest BCUT2D eigenvalue weighted by molar-refractivity contribution is 0.0327. The average molecular weight is 214 g/mol. The molecule has 88 valence electrons. The third kappa shape index (κ3) is 2.62. The number of hydrogen-bond donors (Lipinski definition) is 2. The highest BCUT2D eigenvalue weighted by Crippen LogP contribution is 2.29. The second-order valence-electron chi connectivity index (χ2n) is 5.60. The van der Waals surface area contributed by atoms with Gasteiger partial charge in [-0.25, -0.2) is 4.79 Å². The van der Waals surface area contributed by atoms with E-state index in [1.54, 1.807) is 4.90 Å². The van der Waals surface area contributed by atoms with Crippen molar-refractivity contribution in [2.45, 2.75) is 52.7 Å². The predicted molar refractivity (Wildman–Crippen MR) is 60.0 cm³/mol. The normalized spacial score (nSPS) is 32.9. The van der Waals surface area contributed by atoms with Gasteiger partial charge in [-0.2, -0.15) is 0 Å². The van der Waals surface area contributed by atoms with Gasteiger partial charge in [-0.05, 0) is 19.3 Å². The second kappa shape index (κ2) is 4.00. The van der Waals surface area contributed by atoms with Crippen molar-refractivity contribution in [2.75, 3.05) is 6.54 Å². The molecular formula is C11H22N2O2. The van der Waals surface area contributed by atoms with Crippen LogP contribution in [0.1, 0.15) is 34.6 Å². The van der Waals surface area contributed by atoms with E-state index >= 15 is 0 Å². The van der Waals surface area contributed by atoms with Gasteiger partial charge in [-0.15, -0.1) is 0 Å². The quantitative estimate of drug-likeness (QED) is 0.646. The van der Waals surface area contributed by atoms with Crippen LogP contribution in [-0.4, -0.2) is 40.8 Å². The maximum Gasteiger partial charge on any atom is 0.407 e. The first kappa shape index (κ1) is 12.3. The van der Waals surface area contributed by atoms with Gasteiger partial charge in [0.1, 0.15) is 0 Å². The first-order valence-electron chi connectivity index (χ1n) is 5.49. The summed E-state index contributed by atoms with van der Waals surface area (Å²) in [6, 6.07) is 0.464. The monoisotopic (exact) mass is 214 g/mol. The highest BCUT2D eigenvalue weighted by molar-refractivity contribution is 5.66. The van der Waals surface area contributed by atoms with Gasteiger partial charge in [-0.3, -0.25) is 0 Å². The van der Waals surface area contributed by atoms with Crippen molar-refractivity contribution < 1.29 is 9.90 Å². The fraction of sp³-hybridized carbons (Fsp3) is 0.909. The maximum atomic E-state index is 11.2. The van der Waals surface area contributed by atoms with E-state index in [0.29, 0.717) is 6.54 Å². The Bertz CT molecular complexity index is 247. The van der Waals surface area contributed by atoms with E-state index in [9.17, 15) is 9.90 Å². The Morgan fingerprint density at radius 3 is 2.33 bits per heavy atom. The van der Waals surface area contributed by atoms with E-state index in [1.807, 2.05) is 6.92 Å². The van der Waals surface area contributed by atoms with Crippen molar-refractivity contribution >= 4 is 6.09 Å². The lowest BCUT2D eigenvalue weighted by Gasteiger charge is -2.48. The molecule has 0 spiro atoms. The molecule has 2 N–H and O–H groups in total. The van der Waals surface area contributed by atoms with Crippen LogP contribution in [0.4, 0.5) is 4.79 Å². The average Bonchev–Trinajstić information content (AvgIpc) is 1.99. The van der Waals surface area contributed by atoms with E-state index in [4.69, 9.17) is 0 Å². The van der Waals surface area contributed by atoms with Gasteiger partial charge in [0, 0.05) is 18.6 Å². The molecule has 1 saturated heterocycles. The highest BCUT2D eigenvalue weighted by Gasteiger charge is 2.41. The maximum absolute atomic E-state index is 11.2. The van der Waals surface area contributed by atoms with Gasteiger partial charge in [0.25, 0.3) is 0 Å². The zero-order valence-electron chi connectivity index (χ0n) is 10.2. The van der Waals surface area contributed by atoms with E-state index in [0.717, 1.165) is 0 Å². The number of piperazine rings is 1. The van der Waals surface area contributed by atoms with Crippen LogP contribution >= 0.6 is 0 Å². The SMILES string of the molecule is C[C@@H]1CN(C(=O)O)C(C(C)(C)C)[C@@H](C)N1. The minimum atomic E-state index is -0.810. The number of hydrogen-bond acceptors (Lipinski definition) is 2. The molecule has 0 bridgehead atoms. The van der Waals surface area contributed by atoms with Gasteiger partial charge in [0.05, 0.1) is 6.04 Å². The van der Waals surface area contributed by atoms with E-state index in [2.05, 4.69) is 33.0 Å². The molecule has 1 fully saturated rings. The summed E-state index contributed by atoms with van der Waals surface area (Å²) in [5.41, 5.74) is -0.0368.